The maximum atomic E-state index is 5.78. The minimum Gasteiger partial charge on any atom is -0.397 e. The van der Waals surface area contributed by atoms with Crippen molar-refractivity contribution in [1.29, 1.82) is 0 Å². The van der Waals surface area contributed by atoms with Crippen LogP contribution in [0.2, 0.25) is 0 Å². The van der Waals surface area contributed by atoms with E-state index in [1.54, 1.807) is 0 Å². The van der Waals surface area contributed by atoms with Gasteiger partial charge in [-0.2, -0.15) is 0 Å². The van der Waals surface area contributed by atoms with E-state index in [0.29, 0.717) is 17.4 Å². The van der Waals surface area contributed by atoms with Crippen LogP contribution in [-0.2, 0) is 0 Å². The summed E-state index contributed by atoms with van der Waals surface area (Å²) in [5.41, 5.74) is 14.0. The summed E-state index contributed by atoms with van der Waals surface area (Å²) in [6.07, 6.45) is 2.54. The molecule has 1 unspecified atom stereocenters. The van der Waals surface area contributed by atoms with Gasteiger partial charge in [0.05, 0.1) is 11.4 Å². The van der Waals surface area contributed by atoms with Gasteiger partial charge in [-0.05, 0) is 38.0 Å². The monoisotopic (exact) mass is 191 g/mol. The first-order valence-electron chi connectivity index (χ1n) is 5.10. The number of benzene rings is 1. The first-order valence-corrected chi connectivity index (χ1v) is 5.10. The van der Waals surface area contributed by atoms with Gasteiger partial charge in [-0.3, -0.25) is 0 Å². The Morgan fingerprint density at radius 1 is 1.29 bits per heavy atom. The quantitative estimate of drug-likeness (QED) is 0.666. The van der Waals surface area contributed by atoms with Crippen LogP contribution in [0, 0.1) is 0 Å². The van der Waals surface area contributed by atoms with Gasteiger partial charge in [-0.1, -0.05) is 0 Å². The number of rotatable bonds is 1. The minimum atomic E-state index is 0.623. The predicted octanol–water partition coefficient (Wildman–Crippen LogP) is 1.84. The lowest BCUT2D eigenvalue weighted by Crippen LogP contribution is -2.26. The van der Waals surface area contributed by atoms with Crippen LogP contribution in [0.1, 0.15) is 19.8 Å². The molecule has 0 aromatic heterocycles. The molecule has 1 fully saturated rings. The van der Waals surface area contributed by atoms with Gasteiger partial charge in [-0.25, -0.2) is 0 Å². The summed E-state index contributed by atoms with van der Waals surface area (Å²) in [4.78, 5) is 2.38. The molecule has 0 aliphatic carbocycles. The lowest BCUT2D eigenvalue weighted by Gasteiger charge is -2.24. The molecule has 1 aromatic rings. The average Bonchev–Trinajstić information content (AvgIpc) is 2.57. The van der Waals surface area contributed by atoms with Gasteiger partial charge in [0.2, 0.25) is 0 Å². The summed E-state index contributed by atoms with van der Waals surface area (Å²) in [6.45, 7) is 3.38. The summed E-state index contributed by atoms with van der Waals surface area (Å²) in [5, 5.41) is 0. The summed E-state index contributed by atoms with van der Waals surface area (Å²) in [7, 11) is 0. The predicted molar refractivity (Wildman–Crippen MR) is 61.3 cm³/mol. The third kappa shape index (κ3) is 1.50. The van der Waals surface area contributed by atoms with E-state index in [1.165, 1.54) is 18.5 Å². The van der Waals surface area contributed by atoms with Gasteiger partial charge in [0.25, 0.3) is 0 Å². The second-order valence-electron chi connectivity index (χ2n) is 4.00. The molecular weight excluding hydrogens is 174 g/mol. The van der Waals surface area contributed by atoms with Crippen molar-refractivity contribution in [2.24, 2.45) is 0 Å². The van der Waals surface area contributed by atoms with Crippen LogP contribution in [0.25, 0.3) is 0 Å². The molecule has 1 aliphatic heterocycles. The highest BCUT2D eigenvalue weighted by Gasteiger charge is 2.20. The molecule has 0 radical (unpaired) electrons. The summed E-state index contributed by atoms with van der Waals surface area (Å²) in [6, 6.07) is 6.53. The zero-order valence-corrected chi connectivity index (χ0v) is 8.53. The van der Waals surface area contributed by atoms with Gasteiger partial charge in [-0.15, -0.1) is 0 Å². The SMILES string of the molecule is CC1CCCN1c1ccc(N)c(N)c1. The number of anilines is 3. The zero-order valence-electron chi connectivity index (χ0n) is 8.53. The molecule has 0 saturated carbocycles. The van der Waals surface area contributed by atoms with Crippen molar-refractivity contribution in [3.05, 3.63) is 18.2 Å². The normalized spacial score (nSPS) is 21.5. The van der Waals surface area contributed by atoms with Gasteiger partial charge in [0.1, 0.15) is 0 Å². The fraction of sp³-hybridized carbons (Fsp3) is 0.455. The molecule has 0 bridgehead atoms. The molecule has 4 N–H and O–H groups in total. The topological polar surface area (TPSA) is 55.3 Å². The van der Waals surface area contributed by atoms with E-state index in [1.807, 2.05) is 18.2 Å². The van der Waals surface area contributed by atoms with E-state index in [4.69, 9.17) is 11.5 Å². The third-order valence-electron chi connectivity index (χ3n) is 2.95. The Hall–Kier alpha value is -1.38. The molecule has 3 heteroatoms. The van der Waals surface area contributed by atoms with E-state index < -0.39 is 0 Å². The van der Waals surface area contributed by atoms with Crippen molar-refractivity contribution < 1.29 is 0 Å². The van der Waals surface area contributed by atoms with Crippen molar-refractivity contribution in [2.75, 3.05) is 22.9 Å². The van der Waals surface area contributed by atoms with Crippen LogP contribution < -0.4 is 16.4 Å². The summed E-state index contributed by atoms with van der Waals surface area (Å²) >= 11 is 0. The van der Waals surface area contributed by atoms with Gasteiger partial charge >= 0.3 is 0 Å². The maximum absolute atomic E-state index is 5.78. The largest absolute Gasteiger partial charge is 0.397 e. The molecule has 3 nitrogen and oxygen atoms in total. The molecule has 1 heterocycles. The van der Waals surface area contributed by atoms with Crippen LogP contribution in [-0.4, -0.2) is 12.6 Å². The van der Waals surface area contributed by atoms with Crippen LogP contribution in [0.3, 0.4) is 0 Å². The number of nitrogen functional groups attached to an aromatic ring is 2. The third-order valence-corrected chi connectivity index (χ3v) is 2.95. The van der Waals surface area contributed by atoms with E-state index in [0.717, 1.165) is 6.54 Å². The van der Waals surface area contributed by atoms with Gasteiger partial charge in [0, 0.05) is 18.3 Å². The highest BCUT2D eigenvalue weighted by molar-refractivity contribution is 5.70. The molecule has 1 aromatic carbocycles. The van der Waals surface area contributed by atoms with E-state index in [-0.39, 0.29) is 0 Å². The molecular formula is C11H17N3. The average molecular weight is 191 g/mol. The van der Waals surface area contributed by atoms with Crippen LogP contribution >= 0.6 is 0 Å². The molecule has 1 aliphatic rings. The fourth-order valence-electron chi connectivity index (χ4n) is 2.06. The molecule has 0 amide bonds. The Morgan fingerprint density at radius 3 is 2.64 bits per heavy atom. The molecule has 2 rings (SSSR count). The van der Waals surface area contributed by atoms with Crippen molar-refractivity contribution in [3.8, 4) is 0 Å². The number of nitrogens with zero attached hydrogens (tertiary/aromatic N) is 1. The van der Waals surface area contributed by atoms with Crippen LogP contribution in [0.5, 0.6) is 0 Å². The Morgan fingerprint density at radius 2 is 2.07 bits per heavy atom. The summed E-state index contributed by atoms with van der Waals surface area (Å²) < 4.78 is 0. The highest BCUT2D eigenvalue weighted by atomic mass is 15.2. The molecule has 0 spiro atoms. The number of hydrogen-bond donors (Lipinski definition) is 2. The minimum absolute atomic E-state index is 0.623. The molecule has 14 heavy (non-hydrogen) atoms. The van der Waals surface area contributed by atoms with Gasteiger partial charge in [0.15, 0.2) is 0 Å². The van der Waals surface area contributed by atoms with Crippen LogP contribution in [0.4, 0.5) is 17.1 Å². The van der Waals surface area contributed by atoms with Crippen LogP contribution in [0.15, 0.2) is 18.2 Å². The van der Waals surface area contributed by atoms with Gasteiger partial charge < -0.3 is 16.4 Å². The van der Waals surface area contributed by atoms with Crippen molar-refractivity contribution in [3.63, 3.8) is 0 Å². The Kier molecular flexibility index (Phi) is 2.23. The highest BCUT2D eigenvalue weighted by Crippen LogP contribution is 2.28. The summed E-state index contributed by atoms with van der Waals surface area (Å²) in [5.74, 6) is 0. The Balaban J connectivity index is 2.28. The Labute approximate surface area is 84.7 Å². The zero-order chi connectivity index (χ0) is 10.1. The molecule has 1 saturated heterocycles. The number of hydrogen-bond acceptors (Lipinski definition) is 3. The van der Waals surface area contributed by atoms with E-state index in [9.17, 15) is 0 Å². The lowest BCUT2D eigenvalue weighted by atomic mass is 10.2. The Bertz CT molecular complexity index is 335. The smallest absolute Gasteiger partial charge is 0.0568 e. The fourth-order valence-corrected chi connectivity index (χ4v) is 2.06. The van der Waals surface area contributed by atoms with Crippen molar-refractivity contribution in [1.82, 2.24) is 0 Å². The van der Waals surface area contributed by atoms with E-state index >= 15 is 0 Å². The standard InChI is InChI=1S/C11H17N3/c1-8-3-2-6-14(8)9-4-5-10(12)11(13)7-9/h4-5,7-8H,2-3,6,12-13H2,1H3. The van der Waals surface area contributed by atoms with Crippen molar-refractivity contribution >= 4 is 17.1 Å². The second-order valence-corrected chi connectivity index (χ2v) is 4.00. The molecule has 76 valence electrons. The first kappa shape index (κ1) is 9.19. The lowest BCUT2D eigenvalue weighted by molar-refractivity contribution is 0.735. The number of nitrogens with two attached hydrogens (primary N) is 2. The van der Waals surface area contributed by atoms with E-state index in [2.05, 4.69) is 11.8 Å². The van der Waals surface area contributed by atoms with Crippen molar-refractivity contribution in [2.45, 2.75) is 25.8 Å². The first-order chi connectivity index (χ1) is 6.68. The second kappa shape index (κ2) is 3.40. The maximum Gasteiger partial charge on any atom is 0.0568 e. The molecule has 1 atom stereocenters.